The Bertz CT molecular complexity index is 767. The van der Waals surface area contributed by atoms with Crippen molar-refractivity contribution in [3.63, 3.8) is 0 Å². The van der Waals surface area contributed by atoms with Gasteiger partial charge in [0.25, 0.3) is 5.69 Å². The molecule has 1 atom stereocenters. The third-order valence-electron chi connectivity index (χ3n) is 3.63. The highest BCUT2D eigenvalue weighted by Crippen LogP contribution is 2.37. The summed E-state index contributed by atoms with van der Waals surface area (Å²) in [6.07, 6.45) is 0. The lowest BCUT2D eigenvalue weighted by atomic mass is 10.1. The van der Waals surface area contributed by atoms with Crippen LogP contribution in [0.2, 0.25) is 0 Å². The summed E-state index contributed by atoms with van der Waals surface area (Å²) in [5.41, 5.74) is 7.47. The fourth-order valence-electron chi connectivity index (χ4n) is 2.51. The van der Waals surface area contributed by atoms with Crippen molar-refractivity contribution in [3.05, 3.63) is 69.5 Å². The highest BCUT2D eigenvalue weighted by atomic mass is 35.5. The van der Waals surface area contributed by atoms with Gasteiger partial charge >= 0.3 is 0 Å². The van der Waals surface area contributed by atoms with Crippen molar-refractivity contribution in [2.45, 2.75) is 12.6 Å². The molecule has 6 nitrogen and oxygen atoms in total. The molecule has 1 aliphatic rings. The molecule has 0 radical (unpaired) electrons. The van der Waals surface area contributed by atoms with E-state index in [-0.39, 0.29) is 36.4 Å². The molecule has 2 aromatic carbocycles. The molecule has 23 heavy (non-hydrogen) atoms. The molecule has 1 amide bonds. The number of halogens is 2. The summed E-state index contributed by atoms with van der Waals surface area (Å²) in [5, 5.41) is 10.8. The standard InChI is InChI=1S/C15H12FN3O3.ClH/c16-10-3-1-9(2-4-10)8-18-13-6-5-11(19(21)22)7-12(13)14(17)15(18)20;/h1-7,14H,8,17H2;1H. The average molecular weight is 338 g/mol. The summed E-state index contributed by atoms with van der Waals surface area (Å²) >= 11 is 0. The second-order valence-electron chi connectivity index (χ2n) is 5.03. The van der Waals surface area contributed by atoms with Gasteiger partial charge in [0.2, 0.25) is 5.91 Å². The fraction of sp³-hybridized carbons (Fsp3) is 0.133. The summed E-state index contributed by atoms with van der Waals surface area (Å²) in [6.45, 7) is 0.234. The zero-order chi connectivity index (χ0) is 15.9. The summed E-state index contributed by atoms with van der Waals surface area (Å²) < 4.78 is 12.9. The Morgan fingerprint density at radius 3 is 2.48 bits per heavy atom. The number of nitro groups is 1. The Balaban J connectivity index is 0.00000192. The first-order valence-electron chi connectivity index (χ1n) is 6.57. The number of rotatable bonds is 3. The van der Waals surface area contributed by atoms with E-state index < -0.39 is 11.0 Å². The molecule has 3 rings (SSSR count). The van der Waals surface area contributed by atoms with Crippen molar-refractivity contribution in [2.24, 2.45) is 5.73 Å². The number of hydrogen-bond donors (Lipinski definition) is 1. The van der Waals surface area contributed by atoms with E-state index in [2.05, 4.69) is 0 Å². The van der Waals surface area contributed by atoms with Crippen molar-refractivity contribution in [1.82, 2.24) is 0 Å². The zero-order valence-electron chi connectivity index (χ0n) is 11.8. The number of anilines is 1. The fourth-order valence-corrected chi connectivity index (χ4v) is 2.51. The number of hydrogen-bond acceptors (Lipinski definition) is 4. The number of carbonyl (C=O) groups is 1. The number of benzene rings is 2. The minimum absolute atomic E-state index is 0. The number of nitrogens with two attached hydrogens (primary N) is 1. The first kappa shape index (κ1) is 16.9. The molecule has 120 valence electrons. The van der Waals surface area contributed by atoms with Gasteiger partial charge < -0.3 is 10.6 Å². The van der Waals surface area contributed by atoms with Gasteiger partial charge in [-0.2, -0.15) is 0 Å². The van der Waals surface area contributed by atoms with E-state index in [1.54, 1.807) is 12.1 Å². The highest BCUT2D eigenvalue weighted by molar-refractivity contribution is 6.04. The summed E-state index contributed by atoms with van der Waals surface area (Å²) in [6, 6.07) is 9.04. The van der Waals surface area contributed by atoms with Crippen molar-refractivity contribution >= 4 is 29.7 Å². The summed E-state index contributed by atoms with van der Waals surface area (Å²) in [7, 11) is 0. The molecular formula is C15H13ClFN3O3. The molecule has 0 saturated heterocycles. The van der Waals surface area contributed by atoms with Crippen LogP contribution >= 0.6 is 12.4 Å². The first-order valence-corrected chi connectivity index (χ1v) is 6.57. The minimum atomic E-state index is -0.921. The van der Waals surface area contributed by atoms with E-state index in [0.717, 1.165) is 5.56 Å². The van der Waals surface area contributed by atoms with Gasteiger partial charge in [-0.3, -0.25) is 14.9 Å². The third kappa shape index (κ3) is 3.01. The molecule has 1 heterocycles. The molecule has 1 aliphatic heterocycles. The molecule has 0 aromatic heterocycles. The number of nitrogens with zero attached hydrogens (tertiary/aromatic N) is 2. The van der Waals surface area contributed by atoms with Gasteiger partial charge in [-0.25, -0.2) is 4.39 Å². The largest absolute Gasteiger partial charge is 0.316 e. The van der Waals surface area contributed by atoms with E-state index in [4.69, 9.17) is 5.73 Å². The van der Waals surface area contributed by atoms with E-state index >= 15 is 0 Å². The maximum Gasteiger partial charge on any atom is 0.269 e. The van der Waals surface area contributed by atoms with Gasteiger partial charge in [-0.05, 0) is 23.8 Å². The van der Waals surface area contributed by atoms with Crippen molar-refractivity contribution in [1.29, 1.82) is 0 Å². The number of non-ortho nitro benzene ring substituents is 1. The maximum atomic E-state index is 12.9. The number of nitro benzene ring substituents is 1. The molecule has 0 saturated carbocycles. The Hall–Kier alpha value is -2.51. The lowest BCUT2D eigenvalue weighted by molar-refractivity contribution is -0.384. The van der Waals surface area contributed by atoms with Gasteiger partial charge in [-0.1, -0.05) is 12.1 Å². The summed E-state index contributed by atoms with van der Waals surface area (Å²) in [4.78, 5) is 24.0. The van der Waals surface area contributed by atoms with Crippen LogP contribution in [0.15, 0.2) is 42.5 Å². The molecule has 0 aliphatic carbocycles. The van der Waals surface area contributed by atoms with Gasteiger partial charge in [0, 0.05) is 23.4 Å². The van der Waals surface area contributed by atoms with E-state index in [1.807, 2.05) is 0 Å². The second kappa shape index (κ2) is 6.31. The van der Waals surface area contributed by atoms with Crippen LogP contribution in [0.4, 0.5) is 15.8 Å². The average Bonchev–Trinajstić information content (AvgIpc) is 2.74. The van der Waals surface area contributed by atoms with Crippen LogP contribution in [0, 0.1) is 15.9 Å². The predicted octanol–water partition coefficient (Wildman–Crippen LogP) is 2.70. The van der Waals surface area contributed by atoms with Gasteiger partial charge in [-0.15, -0.1) is 12.4 Å². The Labute approximate surface area is 137 Å². The molecule has 0 fully saturated rings. The van der Waals surface area contributed by atoms with E-state index in [0.29, 0.717) is 11.3 Å². The molecule has 0 spiro atoms. The monoisotopic (exact) mass is 337 g/mol. The van der Waals surface area contributed by atoms with Crippen LogP contribution in [0.3, 0.4) is 0 Å². The van der Waals surface area contributed by atoms with Crippen LogP contribution < -0.4 is 10.6 Å². The Kier molecular flexibility index (Phi) is 4.63. The molecular weight excluding hydrogens is 325 g/mol. The second-order valence-corrected chi connectivity index (χ2v) is 5.03. The van der Waals surface area contributed by atoms with E-state index in [1.165, 1.54) is 35.2 Å². The molecule has 2 N–H and O–H groups in total. The van der Waals surface area contributed by atoms with Crippen molar-refractivity contribution in [3.8, 4) is 0 Å². The van der Waals surface area contributed by atoms with Gasteiger partial charge in [0.1, 0.15) is 11.9 Å². The lowest BCUT2D eigenvalue weighted by Gasteiger charge is -2.17. The Morgan fingerprint density at radius 2 is 1.87 bits per heavy atom. The molecule has 8 heteroatoms. The lowest BCUT2D eigenvalue weighted by Crippen LogP contribution is -2.31. The Morgan fingerprint density at radius 1 is 1.22 bits per heavy atom. The molecule has 1 unspecified atom stereocenters. The van der Waals surface area contributed by atoms with Crippen LogP contribution in [0.5, 0.6) is 0 Å². The molecule has 0 bridgehead atoms. The first-order chi connectivity index (χ1) is 10.5. The van der Waals surface area contributed by atoms with Crippen molar-refractivity contribution in [2.75, 3.05) is 4.90 Å². The smallest absolute Gasteiger partial charge is 0.269 e. The predicted molar refractivity (Wildman–Crippen MR) is 84.9 cm³/mol. The topological polar surface area (TPSA) is 89.5 Å². The van der Waals surface area contributed by atoms with Gasteiger partial charge in [0.15, 0.2) is 0 Å². The quantitative estimate of drug-likeness (QED) is 0.688. The third-order valence-corrected chi connectivity index (χ3v) is 3.63. The molecule has 2 aromatic rings. The minimum Gasteiger partial charge on any atom is -0.316 e. The summed E-state index contributed by atoms with van der Waals surface area (Å²) in [5.74, 6) is -0.691. The maximum absolute atomic E-state index is 12.9. The normalized spacial score (nSPS) is 16.0. The zero-order valence-corrected chi connectivity index (χ0v) is 12.6. The van der Waals surface area contributed by atoms with Gasteiger partial charge in [0.05, 0.1) is 11.5 Å². The number of carbonyl (C=O) groups excluding carboxylic acids is 1. The van der Waals surface area contributed by atoms with Crippen LogP contribution in [0.1, 0.15) is 17.2 Å². The highest BCUT2D eigenvalue weighted by Gasteiger charge is 2.35. The number of amides is 1. The number of fused-ring (bicyclic) bond motifs is 1. The SMILES string of the molecule is Cl.NC1C(=O)N(Cc2ccc(F)cc2)c2ccc([N+](=O)[O-])cc21. The van der Waals surface area contributed by atoms with Crippen LogP contribution in [-0.4, -0.2) is 10.8 Å². The van der Waals surface area contributed by atoms with Crippen LogP contribution in [-0.2, 0) is 11.3 Å². The van der Waals surface area contributed by atoms with Crippen LogP contribution in [0.25, 0.3) is 0 Å². The van der Waals surface area contributed by atoms with Crippen molar-refractivity contribution < 1.29 is 14.1 Å². The van der Waals surface area contributed by atoms with E-state index in [9.17, 15) is 19.3 Å².